The molecule has 2 unspecified atom stereocenters. The summed E-state index contributed by atoms with van der Waals surface area (Å²) >= 11 is 0. The Balaban J connectivity index is 2.06. The average molecular weight is 280 g/mol. The molecule has 0 saturated heterocycles. The number of amides is 1. The molecule has 6 heteroatoms. The molecule has 20 heavy (non-hydrogen) atoms. The van der Waals surface area contributed by atoms with Gasteiger partial charge in [0.1, 0.15) is 5.76 Å². The summed E-state index contributed by atoms with van der Waals surface area (Å²) in [4.78, 5) is 23.4. The molecule has 1 amide bonds. The number of aliphatic carboxylic acids is 1. The van der Waals surface area contributed by atoms with Crippen molar-refractivity contribution in [3.63, 3.8) is 0 Å². The van der Waals surface area contributed by atoms with Crippen LogP contribution in [0.25, 0.3) is 0 Å². The number of hydrogen-bond acceptors (Lipinski definition) is 4. The minimum absolute atomic E-state index is 0.202. The van der Waals surface area contributed by atoms with E-state index in [-0.39, 0.29) is 17.6 Å². The molecule has 1 fully saturated rings. The number of hydrogen-bond donors (Lipinski definition) is 2. The van der Waals surface area contributed by atoms with E-state index in [4.69, 9.17) is 4.52 Å². The van der Waals surface area contributed by atoms with Crippen molar-refractivity contribution >= 4 is 11.9 Å². The summed E-state index contributed by atoms with van der Waals surface area (Å²) in [5.74, 6) is -1.16. The summed E-state index contributed by atoms with van der Waals surface area (Å²) in [6, 6.07) is 1.21. The van der Waals surface area contributed by atoms with E-state index >= 15 is 0 Å². The van der Waals surface area contributed by atoms with Gasteiger partial charge in [-0.25, -0.2) is 0 Å². The third kappa shape index (κ3) is 3.59. The molecule has 1 heterocycles. The van der Waals surface area contributed by atoms with Gasteiger partial charge in [-0.1, -0.05) is 30.8 Å². The average Bonchev–Trinajstić information content (AvgIpc) is 2.79. The lowest BCUT2D eigenvalue weighted by Gasteiger charge is -2.26. The van der Waals surface area contributed by atoms with E-state index in [2.05, 4.69) is 10.5 Å². The van der Waals surface area contributed by atoms with E-state index in [1.54, 1.807) is 13.0 Å². The summed E-state index contributed by atoms with van der Waals surface area (Å²) in [5, 5.41) is 15.8. The fourth-order valence-corrected chi connectivity index (χ4v) is 2.67. The molecule has 6 nitrogen and oxygen atoms in total. The fraction of sp³-hybridized carbons (Fsp3) is 0.643. The zero-order chi connectivity index (χ0) is 14.5. The van der Waals surface area contributed by atoms with E-state index in [1.165, 1.54) is 0 Å². The van der Waals surface area contributed by atoms with Gasteiger partial charge in [-0.15, -0.1) is 0 Å². The second-order valence-electron chi connectivity index (χ2n) is 5.34. The van der Waals surface area contributed by atoms with Crippen molar-refractivity contribution in [3.8, 4) is 0 Å². The molecule has 1 saturated carbocycles. The van der Waals surface area contributed by atoms with Crippen LogP contribution in [0.4, 0.5) is 0 Å². The number of carboxylic acids is 1. The molecular weight excluding hydrogens is 260 g/mol. The van der Waals surface area contributed by atoms with Crippen molar-refractivity contribution in [2.24, 2.45) is 5.92 Å². The van der Waals surface area contributed by atoms with Gasteiger partial charge in [-0.2, -0.15) is 0 Å². The summed E-state index contributed by atoms with van der Waals surface area (Å²) in [6.07, 6.45) is 5.28. The Morgan fingerprint density at radius 2 is 2.00 bits per heavy atom. The molecule has 2 atom stereocenters. The molecule has 2 rings (SSSR count). The molecule has 0 aliphatic heterocycles. The quantitative estimate of drug-likeness (QED) is 0.884. The van der Waals surface area contributed by atoms with Crippen LogP contribution in [0, 0.1) is 12.8 Å². The third-order valence-corrected chi connectivity index (χ3v) is 3.76. The zero-order valence-corrected chi connectivity index (χ0v) is 11.6. The number of carbonyl (C=O) groups is 2. The minimum Gasteiger partial charge on any atom is -0.481 e. The van der Waals surface area contributed by atoms with Crippen LogP contribution in [0.1, 0.15) is 54.8 Å². The molecule has 0 spiro atoms. The standard InChI is InChI=1S/C14H20N2O4/c1-9-8-12(16-20-9)13(17)15-11-7-5-3-2-4-6-10(11)14(18)19/h8,10-11H,2-7H2,1H3,(H,15,17)(H,18,19). The second-order valence-corrected chi connectivity index (χ2v) is 5.34. The van der Waals surface area contributed by atoms with Gasteiger partial charge in [0.2, 0.25) is 0 Å². The maximum absolute atomic E-state index is 12.1. The van der Waals surface area contributed by atoms with Crippen LogP contribution < -0.4 is 5.32 Å². The van der Waals surface area contributed by atoms with Crippen molar-refractivity contribution in [3.05, 3.63) is 17.5 Å². The highest BCUT2D eigenvalue weighted by atomic mass is 16.5. The number of carboxylic acid groups (broad SMARTS) is 1. The first kappa shape index (κ1) is 14.6. The monoisotopic (exact) mass is 280 g/mol. The Morgan fingerprint density at radius 3 is 2.60 bits per heavy atom. The number of nitrogens with one attached hydrogen (secondary N) is 1. The summed E-state index contributed by atoms with van der Waals surface area (Å²) in [7, 11) is 0. The first-order chi connectivity index (χ1) is 9.58. The maximum atomic E-state index is 12.1. The Bertz CT molecular complexity index is 483. The van der Waals surface area contributed by atoms with Gasteiger partial charge in [0.05, 0.1) is 5.92 Å². The molecule has 0 radical (unpaired) electrons. The molecule has 1 aromatic heterocycles. The number of rotatable bonds is 3. The van der Waals surface area contributed by atoms with Crippen LogP contribution in [-0.2, 0) is 4.79 Å². The number of aromatic nitrogens is 1. The second kappa shape index (κ2) is 6.54. The Labute approximate surface area is 117 Å². The van der Waals surface area contributed by atoms with Crippen molar-refractivity contribution in [2.75, 3.05) is 0 Å². The normalized spacial score (nSPS) is 23.6. The van der Waals surface area contributed by atoms with E-state index < -0.39 is 11.9 Å². The summed E-state index contributed by atoms with van der Waals surface area (Å²) < 4.78 is 4.87. The molecule has 0 bridgehead atoms. The van der Waals surface area contributed by atoms with Crippen molar-refractivity contribution in [2.45, 2.75) is 51.5 Å². The molecule has 1 aliphatic carbocycles. The van der Waals surface area contributed by atoms with Gasteiger partial charge < -0.3 is 14.9 Å². The molecule has 110 valence electrons. The molecule has 1 aromatic rings. The van der Waals surface area contributed by atoms with Crippen LogP contribution >= 0.6 is 0 Å². The fourth-order valence-electron chi connectivity index (χ4n) is 2.67. The highest BCUT2D eigenvalue weighted by Gasteiger charge is 2.30. The number of aryl methyl sites for hydroxylation is 1. The summed E-state index contributed by atoms with van der Waals surface area (Å²) in [5.41, 5.74) is 0.202. The Kier molecular flexibility index (Phi) is 4.76. The first-order valence-electron chi connectivity index (χ1n) is 7.05. The van der Waals surface area contributed by atoms with E-state index in [0.717, 1.165) is 25.7 Å². The van der Waals surface area contributed by atoms with Crippen LogP contribution in [0.5, 0.6) is 0 Å². The lowest BCUT2D eigenvalue weighted by atomic mass is 9.86. The molecule has 0 aromatic carbocycles. The lowest BCUT2D eigenvalue weighted by Crippen LogP contribution is -2.44. The molecular formula is C14H20N2O4. The van der Waals surface area contributed by atoms with Gasteiger partial charge in [0.25, 0.3) is 5.91 Å². The van der Waals surface area contributed by atoms with Gasteiger partial charge in [-0.05, 0) is 19.8 Å². The number of nitrogens with zero attached hydrogens (tertiary/aromatic N) is 1. The van der Waals surface area contributed by atoms with Crippen molar-refractivity contribution in [1.82, 2.24) is 10.5 Å². The van der Waals surface area contributed by atoms with Crippen LogP contribution in [0.2, 0.25) is 0 Å². The number of carbonyl (C=O) groups excluding carboxylic acids is 1. The van der Waals surface area contributed by atoms with Crippen molar-refractivity contribution in [1.29, 1.82) is 0 Å². The predicted molar refractivity (Wildman–Crippen MR) is 71.3 cm³/mol. The van der Waals surface area contributed by atoms with Crippen LogP contribution in [-0.4, -0.2) is 28.2 Å². The predicted octanol–water partition coefficient (Wildman–Crippen LogP) is 2.14. The largest absolute Gasteiger partial charge is 0.481 e. The highest BCUT2D eigenvalue weighted by Crippen LogP contribution is 2.23. The van der Waals surface area contributed by atoms with Gasteiger partial charge in [0, 0.05) is 12.1 Å². The van der Waals surface area contributed by atoms with Gasteiger partial charge in [0.15, 0.2) is 5.69 Å². The smallest absolute Gasteiger partial charge is 0.308 e. The lowest BCUT2D eigenvalue weighted by molar-refractivity contribution is -0.143. The minimum atomic E-state index is -0.839. The van der Waals surface area contributed by atoms with E-state index in [1.807, 2.05) is 0 Å². The highest BCUT2D eigenvalue weighted by molar-refractivity contribution is 5.92. The molecule has 1 aliphatic rings. The van der Waals surface area contributed by atoms with Gasteiger partial charge in [-0.3, -0.25) is 9.59 Å². The first-order valence-corrected chi connectivity index (χ1v) is 7.05. The summed E-state index contributed by atoms with van der Waals surface area (Å²) in [6.45, 7) is 1.71. The van der Waals surface area contributed by atoms with Gasteiger partial charge >= 0.3 is 5.97 Å². The SMILES string of the molecule is Cc1cc(C(=O)NC2CCCCCCC2C(=O)O)no1. The topological polar surface area (TPSA) is 92.4 Å². The maximum Gasteiger partial charge on any atom is 0.308 e. The van der Waals surface area contributed by atoms with Crippen LogP contribution in [0.15, 0.2) is 10.6 Å². The van der Waals surface area contributed by atoms with E-state index in [9.17, 15) is 14.7 Å². The molecule has 2 N–H and O–H groups in total. The Hall–Kier alpha value is -1.85. The Morgan fingerprint density at radius 1 is 1.30 bits per heavy atom. The van der Waals surface area contributed by atoms with Crippen molar-refractivity contribution < 1.29 is 19.2 Å². The van der Waals surface area contributed by atoms with Crippen LogP contribution in [0.3, 0.4) is 0 Å². The zero-order valence-electron chi connectivity index (χ0n) is 11.6. The third-order valence-electron chi connectivity index (χ3n) is 3.76. The van der Waals surface area contributed by atoms with E-state index in [0.29, 0.717) is 18.6 Å².